The van der Waals surface area contributed by atoms with Crippen LogP contribution < -0.4 is 0 Å². The molecule has 2 aromatic heterocycles. The predicted octanol–water partition coefficient (Wildman–Crippen LogP) is 2.94. The Kier molecular flexibility index (Phi) is 2.62. The van der Waals surface area contributed by atoms with Gasteiger partial charge in [0.15, 0.2) is 0 Å². The van der Waals surface area contributed by atoms with E-state index < -0.39 is 0 Å². The molecule has 0 bridgehead atoms. The van der Waals surface area contributed by atoms with Gasteiger partial charge in [0.2, 0.25) is 0 Å². The zero-order valence-electron chi connectivity index (χ0n) is 9.14. The number of nitrogens with zero attached hydrogens (tertiary/aromatic N) is 2. The lowest BCUT2D eigenvalue weighted by atomic mass is 10.0. The first-order valence-electron chi connectivity index (χ1n) is 5.38. The van der Waals surface area contributed by atoms with Crippen LogP contribution in [0.15, 0.2) is 24.5 Å². The van der Waals surface area contributed by atoms with Gasteiger partial charge in [-0.3, -0.25) is 0 Å². The second kappa shape index (κ2) is 3.93. The number of aromatic nitrogens is 2. The SMILES string of the molecule is CCCC(C)c1cn2ccc(O)cc2n1. The Bertz CT molecular complexity index is 462. The minimum atomic E-state index is 0.266. The van der Waals surface area contributed by atoms with E-state index in [9.17, 15) is 5.11 Å². The lowest BCUT2D eigenvalue weighted by molar-refractivity contribution is 0.475. The monoisotopic (exact) mass is 204 g/mol. The minimum absolute atomic E-state index is 0.266. The Morgan fingerprint density at radius 2 is 2.33 bits per heavy atom. The summed E-state index contributed by atoms with van der Waals surface area (Å²) >= 11 is 0. The molecule has 0 saturated carbocycles. The first kappa shape index (κ1) is 10.0. The van der Waals surface area contributed by atoms with Crippen LogP contribution in [0, 0.1) is 0 Å². The molecular formula is C12H16N2O. The Labute approximate surface area is 89.4 Å². The van der Waals surface area contributed by atoms with Crippen LogP contribution in [0.3, 0.4) is 0 Å². The summed E-state index contributed by atoms with van der Waals surface area (Å²) in [4.78, 5) is 4.50. The molecule has 3 nitrogen and oxygen atoms in total. The highest BCUT2D eigenvalue weighted by atomic mass is 16.3. The van der Waals surface area contributed by atoms with Crippen LogP contribution >= 0.6 is 0 Å². The molecule has 3 heteroatoms. The molecule has 0 aliphatic heterocycles. The summed E-state index contributed by atoms with van der Waals surface area (Å²) in [6, 6.07) is 3.35. The summed E-state index contributed by atoms with van der Waals surface area (Å²) in [5.74, 6) is 0.750. The molecule has 0 fully saturated rings. The summed E-state index contributed by atoms with van der Waals surface area (Å²) < 4.78 is 1.95. The van der Waals surface area contributed by atoms with E-state index in [1.54, 1.807) is 12.1 Å². The molecule has 0 radical (unpaired) electrons. The average molecular weight is 204 g/mol. The lowest BCUT2D eigenvalue weighted by Gasteiger charge is -2.04. The fraction of sp³-hybridized carbons (Fsp3) is 0.417. The van der Waals surface area contributed by atoms with Crippen LogP contribution in [-0.4, -0.2) is 14.5 Å². The van der Waals surface area contributed by atoms with Crippen molar-refractivity contribution in [2.24, 2.45) is 0 Å². The van der Waals surface area contributed by atoms with Crippen molar-refractivity contribution in [3.8, 4) is 5.75 Å². The molecular weight excluding hydrogens is 188 g/mol. The smallest absolute Gasteiger partial charge is 0.140 e. The molecule has 2 rings (SSSR count). The summed E-state index contributed by atoms with van der Waals surface area (Å²) in [5, 5.41) is 9.33. The van der Waals surface area contributed by atoms with E-state index in [1.165, 1.54) is 6.42 Å². The summed E-state index contributed by atoms with van der Waals surface area (Å²) in [7, 11) is 0. The quantitative estimate of drug-likeness (QED) is 0.834. The fourth-order valence-corrected chi connectivity index (χ4v) is 1.81. The van der Waals surface area contributed by atoms with Gasteiger partial charge in [0.25, 0.3) is 0 Å². The highest BCUT2D eigenvalue weighted by Gasteiger charge is 2.09. The van der Waals surface area contributed by atoms with Crippen LogP contribution in [0.2, 0.25) is 0 Å². The number of pyridine rings is 1. The number of rotatable bonds is 3. The van der Waals surface area contributed by atoms with Crippen LogP contribution in [0.4, 0.5) is 0 Å². The molecule has 80 valence electrons. The maximum absolute atomic E-state index is 9.33. The number of fused-ring (bicyclic) bond motifs is 1. The Morgan fingerprint density at radius 3 is 3.07 bits per heavy atom. The van der Waals surface area contributed by atoms with Gasteiger partial charge in [-0.25, -0.2) is 4.98 Å². The van der Waals surface area contributed by atoms with Gasteiger partial charge in [-0.1, -0.05) is 20.3 Å². The number of hydrogen-bond donors (Lipinski definition) is 1. The average Bonchev–Trinajstić information content (AvgIpc) is 2.60. The number of imidazole rings is 1. The predicted molar refractivity (Wildman–Crippen MR) is 60.2 cm³/mol. The molecule has 0 aliphatic carbocycles. The molecule has 0 aromatic carbocycles. The maximum atomic E-state index is 9.33. The Morgan fingerprint density at radius 1 is 1.53 bits per heavy atom. The third-order valence-corrected chi connectivity index (χ3v) is 2.69. The van der Waals surface area contributed by atoms with Gasteiger partial charge < -0.3 is 9.51 Å². The highest BCUT2D eigenvalue weighted by molar-refractivity contribution is 5.45. The molecule has 0 saturated heterocycles. The second-order valence-electron chi connectivity index (χ2n) is 4.01. The third kappa shape index (κ3) is 1.96. The number of hydrogen-bond acceptors (Lipinski definition) is 2. The first-order chi connectivity index (χ1) is 7.20. The zero-order valence-corrected chi connectivity index (χ0v) is 9.14. The molecule has 0 amide bonds. The molecule has 0 aliphatic rings. The van der Waals surface area contributed by atoms with Gasteiger partial charge in [-0.15, -0.1) is 0 Å². The van der Waals surface area contributed by atoms with Gasteiger partial charge in [0.1, 0.15) is 11.4 Å². The second-order valence-corrected chi connectivity index (χ2v) is 4.01. The lowest BCUT2D eigenvalue weighted by Crippen LogP contribution is -1.92. The van der Waals surface area contributed by atoms with Gasteiger partial charge >= 0.3 is 0 Å². The zero-order chi connectivity index (χ0) is 10.8. The highest BCUT2D eigenvalue weighted by Crippen LogP contribution is 2.21. The van der Waals surface area contributed by atoms with E-state index in [-0.39, 0.29) is 5.75 Å². The molecule has 1 atom stereocenters. The maximum Gasteiger partial charge on any atom is 0.140 e. The van der Waals surface area contributed by atoms with Gasteiger partial charge in [0.05, 0.1) is 5.69 Å². The topological polar surface area (TPSA) is 37.5 Å². The molecule has 1 N–H and O–H groups in total. The molecule has 15 heavy (non-hydrogen) atoms. The standard InChI is InChI=1S/C12H16N2O/c1-3-4-9(2)11-8-14-6-5-10(15)7-12(14)13-11/h5-9,15H,3-4H2,1-2H3. The van der Waals surface area contributed by atoms with Crippen molar-refractivity contribution in [3.63, 3.8) is 0 Å². The molecule has 0 spiro atoms. The Balaban J connectivity index is 2.38. The van der Waals surface area contributed by atoms with Crippen molar-refractivity contribution < 1.29 is 5.11 Å². The molecule has 1 unspecified atom stereocenters. The Hall–Kier alpha value is -1.51. The fourth-order valence-electron chi connectivity index (χ4n) is 1.81. The van der Waals surface area contributed by atoms with Crippen molar-refractivity contribution in [2.45, 2.75) is 32.6 Å². The van der Waals surface area contributed by atoms with E-state index in [4.69, 9.17) is 0 Å². The number of aromatic hydroxyl groups is 1. The van der Waals surface area contributed by atoms with Crippen molar-refractivity contribution in [2.75, 3.05) is 0 Å². The van der Waals surface area contributed by atoms with E-state index in [0.717, 1.165) is 17.8 Å². The van der Waals surface area contributed by atoms with Gasteiger partial charge in [-0.05, 0) is 18.4 Å². The molecule has 2 aromatic rings. The largest absolute Gasteiger partial charge is 0.508 e. The minimum Gasteiger partial charge on any atom is -0.508 e. The third-order valence-electron chi connectivity index (χ3n) is 2.69. The molecule has 2 heterocycles. The normalized spacial score (nSPS) is 13.2. The van der Waals surface area contributed by atoms with Crippen molar-refractivity contribution >= 4 is 5.65 Å². The van der Waals surface area contributed by atoms with Crippen molar-refractivity contribution in [1.82, 2.24) is 9.38 Å². The summed E-state index contributed by atoms with van der Waals surface area (Å²) in [6.45, 7) is 4.36. The summed E-state index contributed by atoms with van der Waals surface area (Å²) in [5.41, 5.74) is 1.91. The van der Waals surface area contributed by atoms with Gasteiger partial charge in [0, 0.05) is 18.5 Å². The van der Waals surface area contributed by atoms with Crippen LogP contribution in [0.1, 0.15) is 38.3 Å². The van der Waals surface area contributed by atoms with Crippen molar-refractivity contribution in [1.29, 1.82) is 0 Å². The van der Waals surface area contributed by atoms with E-state index in [0.29, 0.717) is 5.92 Å². The van der Waals surface area contributed by atoms with Gasteiger partial charge in [-0.2, -0.15) is 0 Å². The van der Waals surface area contributed by atoms with E-state index in [2.05, 4.69) is 18.8 Å². The van der Waals surface area contributed by atoms with E-state index in [1.807, 2.05) is 16.8 Å². The summed E-state index contributed by atoms with van der Waals surface area (Å²) in [6.07, 6.45) is 6.19. The van der Waals surface area contributed by atoms with Crippen molar-refractivity contribution in [3.05, 3.63) is 30.2 Å². The van der Waals surface area contributed by atoms with Crippen LogP contribution in [0.25, 0.3) is 5.65 Å². The van der Waals surface area contributed by atoms with Crippen LogP contribution in [-0.2, 0) is 0 Å². The van der Waals surface area contributed by atoms with E-state index >= 15 is 0 Å². The van der Waals surface area contributed by atoms with Crippen LogP contribution in [0.5, 0.6) is 5.75 Å². The first-order valence-corrected chi connectivity index (χ1v) is 5.38.